The first kappa shape index (κ1) is 108. The molecule has 3 heterocycles. The number of aliphatic carboxylic acids is 1. The van der Waals surface area contributed by atoms with Crippen LogP contribution in [-0.4, -0.2) is 254 Å². The van der Waals surface area contributed by atoms with Gasteiger partial charge in [0.15, 0.2) is 0 Å². The van der Waals surface area contributed by atoms with E-state index in [-0.39, 0.29) is 101 Å². The molecule has 736 valence electrons. The van der Waals surface area contributed by atoms with E-state index in [1.54, 1.807) is 128 Å². The predicted octanol–water partition coefficient (Wildman–Crippen LogP) is 0.189. The van der Waals surface area contributed by atoms with Crippen molar-refractivity contribution in [1.29, 1.82) is 0 Å². The highest BCUT2D eigenvalue weighted by Gasteiger charge is 2.44. The van der Waals surface area contributed by atoms with Crippen LogP contribution in [0.2, 0.25) is 0 Å². The number of fused-ring (bicyclic) bond motifs is 2. The van der Waals surface area contributed by atoms with E-state index in [4.69, 9.17) is 17.2 Å². The number of nitrogens with one attached hydrogen (secondary N) is 15. The number of aliphatic hydroxyl groups excluding tert-OH is 1. The van der Waals surface area contributed by atoms with Gasteiger partial charge in [0.25, 0.3) is 0 Å². The fourth-order valence-electron chi connectivity index (χ4n) is 15.8. The van der Waals surface area contributed by atoms with E-state index in [1.165, 1.54) is 36.1 Å². The molecule has 16 atom stereocenters. The SMILES string of the molecule is CC(C)C[C@@H]1NC(=O)[C@H](Cc2c[nH]c3ccccc23)NC(=O)[C@H](CC(=O)O)NC(=O)[C@H](Cc2ccc(O)cc2)NC(=O)[C@H](Cc2ccccc2)NC(=O)CSC[C@@H](C(=O)N[C@@H](C)C(N)=O)NC(=O)[C@H]([C@@H](C)O)NC(=O)[C@H](C(C)C)NC(=O)[C@H](CC(C)C)NC(=O)[C@H](CCN)NC(=O)[C@H]2CCCN2C(=O)[C@H](CCCN)NC(=O)[C@H](C(C)C)NC(=O)[C@H](Cc2ccc(-c3ccccc3)cc2)NC1=O. The number of thioether (sulfide) groups is 1. The molecule has 0 spiro atoms. The number of nitrogens with zero attached hydrogens (tertiary/aromatic N) is 1. The summed E-state index contributed by atoms with van der Waals surface area (Å²) in [5.41, 5.74) is 21.7. The number of nitrogens with two attached hydrogens (primary N) is 3. The second-order valence-corrected chi connectivity index (χ2v) is 37.0. The largest absolute Gasteiger partial charge is 0.508 e. The third-order valence-electron chi connectivity index (χ3n) is 23.2. The van der Waals surface area contributed by atoms with Crippen LogP contribution in [0.3, 0.4) is 0 Å². The number of hydrogen-bond acceptors (Lipinski definition) is 22. The van der Waals surface area contributed by atoms with Gasteiger partial charge in [-0.2, -0.15) is 0 Å². The molecular weight excluding hydrogens is 1770 g/mol. The van der Waals surface area contributed by atoms with Gasteiger partial charge >= 0.3 is 5.97 Å². The quantitative estimate of drug-likeness (QED) is 0.0345. The second kappa shape index (κ2) is 52.5. The monoisotopic (exact) mass is 1900 g/mol. The highest BCUT2D eigenvalue weighted by molar-refractivity contribution is 8.00. The molecule has 0 bridgehead atoms. The Bertz CT molecular complexity index is 5140. The van der Waals surface area contributed by atoms with Gasteiger partial charge < -0.3 is 117 Å². The zero-order chi connectivity index (χ0) is 99.7. The summed E-state index contributed by atoms with van der Waals surface area (Å²) in [6.45, 7) is 15.6. The standard InChI is InChI=1S/C96H131N19O20S/c1-51(2)41-68-84(123)108-72(44-58-29-33-61(34-30-58)60-23-15-12-16-24-60)90(129)112-79(53(5)6)93(132)104-67(27-19-38-97)96(135)115-40-20-28-76(115)92(131)103-66(37-39-98)83(122)105-69(42-52(3)4)89(128)113-80(54(7)8)94(133)114-81(56(10)116)95(134)111-75(91(130)101-55(9)82(99)121)49-136-50-77(118)102-70(43-57-21-13-11-14-22-57)85(124)107-71(45-59-31-35-63(117)36-32-59)86(125)110-74(47-78(119)120)88(127)109-73(87(126)106-68)46-62-48-100-65-26-18-17-25-64(62)65/h11-18,21-26,29-36,48,51-56,66-76,79-81,100,116-117H,19-20,27-28,37-47,49-50,97-98H2,1-10H3,(H2,99,121)(H,101,130)(H,102,118)(H,103,131)(H,104,132)(H,105,122)(H,106,126)(H,107,124)(H,108,123)(H,109,127)(H,110,125)(H,111,134)(H,112,129)(H,113,128)(H,114,133)(H,119,120)/t55-,56+,66-,67-,68-,69-,70-,71-,72-,73-,74-,75-,76+,79-,80-,81-/m0/s1. The maximum Gasteiger partial charge on any atom is 0.305 e. The second-order valence-electron chi connectivity index (χ2n) is 36.0. The Labute approximate surface area is 794 Å². The summed E-state index contributed by atoms with van der Waals surface area (Å²) >= 11 is 0.721. The molecule has 40 heteroatoms. The summed E-state index contributed by atoms with van der Waals surface area (Å²) < 4.78 is 0. The van der Waals surface area contributed by atoms with Crippen molar-refractivity contribution in [2.45, 2.75) is 243 Å². The van der Waals surface area contributed by atoms with Crippen LogP contribution in [0.15, 0.2) is 140 Å². The Morgan fingerprint density at radius 3 is 1.42 bits per heavy atom. The number of para-hydroxylation sites is 1. The van der Waals surface area contributed by atoms with Gasteiger partial charge in [-0.3, -0.25) is 81.5 Å². The first-order chi connectivity index (χ1) is 64.6. The summed E-state index contributed by atoms with van der Waals surface area (Å²) in [7, 11) is 0. The minimum Gasteiger partial charge on any atom is -0.508 e. The maximum atomic E-state index is 15.5. The van der Waals surface area contributed by atoms with Crippen molar-refractivity contribution < 1.29 is 96.8 Å². The van der Waals surface area contributed by atoms with E-state index < -0.39 is 233 Å². The van der Waals surface area contributed by atoms with Crippen LogP contribution >= 0.6 is 11.8 Å². The molecule has 0 saturated carbocycles. The number of primary amides is 1. The van der Waals surface area contributed by atoms with Crippen LogP contribution in [0.5, 0.6) is 5.75 Å². The van der Waals surface area contributed by atoms with E-state index >= 15 is 38.4 Å². The number of aromatic amines is 1. The van der Waals surface area contributed by atoms with Gasteiger partial charge in [0.2, 0.25) is 94.5 Å². The number of carboxylic acids is 1. The van der Waals surface area contributed by atoms with Gasteiger partial charge in [0.05, 0.1) is 18.3 Å². The number of amides is 16. The number of carboxylic acid groups (broad SMARTS) is 1. The van der Waals surface area contributed by atoms with Crippen LogP contribution in [0.25, 0.3) is 22.0 Å². The third-order valence-corrected chi connectivity index (χ3v) is 24.3. The fourth-order valence-corrected chi connectivity index (χ4v) is 16.7. The Balaban J connectivity index is 1.20. The smallest absolute Gasteiger partial charge is 0.305 e. The van der Waals surface area contributed by atoms with Crippen molar-refractivity contribution in [3.05, 3.63) is 162 Å². The zero-order valence-corrected chi connectivity index (χ0v) is 79.0. The van der Waals surface area contributed by atoms with E-state index in [0.717, 1.165) is 29.8 Å². The normalized spacial score (nSPS) is 24.0. The van der Waals surface area contributed by atoms with Gasteiger partial charge in [-0.1, -0.05) is 171 Å². The van der Waals surface area contributed by atoms with Crippen LogP contribution in [0.1, 0.15) is 143 Å². The molecule has 39 nitrogen and oxygen atoms in total. The minimum atomic E-state index is -2.06. The van der Waals surface area contributed by atoms with E-state index in [1.807, 2.05) is 42.5 Å². The summed E-state index contributed by atoms with van der Waals surface area (Å²) in [6.07, 6.45) is -2.41. The van der Waals surface area contributed by atoms with Gasteiger partial charge in [0, 0.05) is 55.1 Å². The van der Waals surface area contributed by atoms with Gasteiger partial charge in [-0.25, -0.2) is 0 Å². The first-order valence-corrected chi connectivity index (χ1v) is 47.0. The maximum absolute atomic E-state index is 15.5. The lowest BCUT2D eigenvalue weighted by Gasteiger charge is -2.32. The molecule has 2 aliphatic rings. The number of aliphatic hydroxyl groups is 1. The van der Waals surface area contributed by atoms with Gasteiger partial charge in [-0.15, -0.1) is 11.8 Å². The Morgan fingerprint density at radius 2 is 0.890 bits per heavy atom. The first-order valence-electron chi connectivity index (χ1n) is 45.8. The van der Waals surface area contributed by atoms with E-state index in [9.17, 15) is 58.5 Å². The average Bonchev–Trinajstić information content (AvgIpc) is 1.55. The number of phenolic OH excluding ortho intramolecular Hbond substituents is 1. The molecule has 6 aromatic rings. The number of rotatable bonds is 26. The van der Waals surface area contributed by atoms with Crippen molar-refractivity contribution in [2.24, 2.45) is 40.9 Å². The van der Waals surface area contributed by atoms with Crippen molar-refractivity contribution in [3.8, 4) is 16.9 Å². The molecular formula is C96H131N19O20S. The molecule has 2 fully saturated rings. The summed E-state index contributed by atoms with van der Waals surface area (Å²) in [4.78, 5) is 253. The van der Waals surface area contributed by atoms with Crippen molar-refractivity contribution in [1.82, 2.24) is 84.3 Å². The highest BCUT2D eigenvalue weighted by atomic mass is 32.2. The average molecular weight is 1900 g/mol. The number of aromatic nitrogens is 1. The van der Waals surface area contributed by atoms with Crippen LogP contribution in [-0.2, 0) is 107 Å². The number of carbonyl (C=O) groups excluding carboxylic acids is 16. The summed E-state index contributed by atoms with van der Waals surface area (Å²) in [5.74, 6) is -20.6. The van der Waals surface area contributed by atoms with Crippen LogP contribution < -0.4 is 91.6 Å². The van der Waals surface area contributed by atoms with Gasteiger partial charge in [0.1, 0.15) is 96.4 Å². The molecule has 16 amide bonds. The molecule has 2 aliphatic heterocycles. The van der Waals surface area contributed by atoms with Crippen LogP contribution in [0.4, 0.5) is 0 Å². The zero-order valence-electron chi connectivity index (χ0n) is 78.2. The van der Waals surface area contributed by atoms with Crippen molar-refractivity contribution in [3.63, 3.8) is 0 Å². The Kier molecular flexibility index (Phi) is 41.7. The highest BCUT2D eigenvalue weighted by Crippen LogP contribution is 2.26. The number of H-pyrrole nitrogens is 1. The van der Waals surface area contributed by atoms with E-state index in [0.29, 0.717) is 33.2 Å². The molecule has 24 N–H and O–H groups in total. The lowest BCUT2D eigenvalue weighted by molar-refractivity contribution is -0.143. The molecule has 0 unspecified atom stereocenters. The molecule has 8 rings (SSSR count). The predicted molar refractivity (Wildman–Crippen MR) is 508 cm³/mol. The molecule has 5 aromatic carbocycles. The molecule has 1 aromatic heterocycles. The molecule has 0 radical (unpaired) electrons. The molecule has 136 heavy (non-hydrogen) atoms. The van der Waals surface area contributed by atoms with Crippen molar-refractivity contribution >= 4 is 123 Å². The fraction of sp³-hybridized carbons (Fsp3) is 0.490. The van der Waals surface area contributed by atoms with Crippen molar-refractivity contribution in [2.75, 3.05) is 31.1 Å². The van der Waals surface area contributed by atoms with Crippen LogP contribution in [0, 0.1) is 23.7 Å². The van der Waals surface area contributed by atoms with E-state index in [2.05, 4.69) is 79.4 Å². The number of benzene rings is 5. The molecule has 2 saturated heterocycles. The van der Waals surface area contributed by atoms with Gasteiger partial charge in [-0.05, 0) is 147 Å². The third kappa shape index (κ3) is 32.8. The Hall–Kier alpha value is -13.3. The number of carbonyl (C=O) groups is 17. The summed E-state index contributed by atoms with van der Waals surface area (Å²) in [5, 5.41) is 69.8. The Morgan fingerprint density at radius 1 is 0.456 bits per heavy atom. The molecule has 0 aliphatic carbocycles. The lowest BCUT2D eigenvalue weighted by atomic mass is 9.97. The topological polar surface area (TPSA) is 616 Å². The minimum absolute atomic E-state index is 0.00657. The number of phenols is 1. The summed E-state index contributed by atoms with van der Waals surface area (Å²) in [6, 6.07) is 13.6. The lowest BCUT2D eigenvalue weighted by Crippen LogP contribution is -2.62. The number of hydrogen-bond donors (Lipinski definition) is 21. The number of aromatic hydroxyl groups is 1.